The van der Waals surface area contributed by atoms with E-state index in [1.165, 1.54) is 81.0 Å². The number of Topliss-reactive ketones (excluding diaryl/α,β-unsaturated/α-hetero) is 2. The van der Waals surface area contributed by atoms with Crippen molar-refractivity contribution in [2.75, 3.05) is 26.3 Å². The normalized spacial score (nSPS) is 13.2. The molecule has 1 aromatic heterocycles. The number of hydrogen-bond donors (Lipinski definition) is 10. The first-order chi connectivity index (χ1) is 34.7. The van der Waals surface area contributed by atoms with Gasteiger partial charge in [-0.15, -0.1) is 0 Å². The number of carbonyl (C=O) groups is 9. The Morgan fingerprint density at radius 2 is 1.62 bits per heavy atom. The number of aromatic hydroxyl groups is 1. The second-order valence-electron chi connectivity index (χ2n) is 17.4. The van der Waals surface area contributed by atoms with E-state index in [4.69, 9.17) is 14.9 Å². The van der Waals surface area contributed by atoms with Crippen LogP contribution in [0.4, 0.5) is 0 Å². The van der Waals surface area contributed by atoms with Crippen LogP contribution in [0.3, 0.4) is 0 Å². The van der Waals surface area contributed by atoms with E-state index in [2.05, 4.69) is 31.2 Å². The number of nitrogens with one attached hydrogen (secondary N) is 5. The van der Waals surface area contributed by atoms with Gasteiger partial charge in [-0.3, -0.25) is 38.4 Å². The molecule has 0 unspecified atom stereocenters. The summed E-state index contributed by atoms with van der Waals surface area (Å²) in [5, 5.41) is 50.5. The molecule has 3 aromatic rings. The molecule has 0 spiro atoms. The Hall–Kier alpha value is -8.31. The fourth-order valence-electron chi connectivity index (χ4n) is 8.02. The Balaban J connectivity index is 1.10. The van der Waals surface area contributed by atoms with Crippen molar-refractivity contribution in [2.24, 2.45) is 17.6 Å². The number of H-pyrrole nitrogens is 1. The third kappa shape index (κ3) is 16.1. The van der Waals surface area contributed by atoms with Crippen LogP contribution in [0.5, 0.6) is 5.75 Å². The number of phenols is 1. The number of primary amides is 1. The molecule has 73 heavy (non-hydrogen) atoms. The quantitative estimate of drug-likeness (QED) is 0.0241. The van der Waals surface area contributed by atoms with Gasteiger partial charge in [0, 0.05) is 90.8 Å². The fourth-order valence-corrected chi connectivity index (χ4v) is 8.02. The van der Waals surface area contributed by atoms with Gasteiger partial charge in [-0.25, -0.2) is 9.78 Å². The molecule has 23 heteroatoms. The number of benzene rings is 3. The average Bonchev–Trinajstić information content (AvgIpc) is 3.85. The van der Waals surface area contributed by atoms with Crippen molar-refractivity contribution in [1.29, 1.82) is 0 Å². The lowest BCUT2D eigenvalue weighted by Gasteiger charge is -2.24. The van der Waals surface area contributed by atoms with Crippen molar-refractivity contribution >= 4 is 64.0 Å². The van der Waals surface area contributed by atoms with E-state index in [0.717, 1.165) is 0 Å². The summed E-state index contributed by atoms with van der Waals surface area (Å²) in [4.78, 5) is 133. The van der Waals surface area contributed by atoms with Gasteiger partial charge in [-0.2, -0.15) is 0 Å². The van der Waals surface area contributed by atoms with E-state index in [1.54, 1.807) is 0 Å². The highest BCUT2D eigenvalue weighted by Crippen LogP contribution is 2.42. The number of ether oxygens (including phenoxy) is 1. The van der Waals surface area contributed by atoms with E-state index in [9.17, 15) is 68.4 Å². The molecule has 5 atom stereocenters. The maximum absolute atomic E-state index is 13.6. The fraction of sp³-hybridized carbons (Fsp3) is 0.380. The number of unbranched alkanes of at least 4 members (excludes halogenated alkanes) is 1. The van der Waals surface area contributed by atoms with Crippen molar-refractivity contribution in [3.63, 3.8) is 0 Å². The van der Waals surface area contributed by atoms with Crippen LogP contribution >= 0.6 is 0 Å². The maximum Gasteiger partial charge on any atom is 0.336 e. The van der Waals surface area contributed by atoms with Gasteiger partial charge in [0.1, 0.15) is 35.5 Å². The van der Waals surface area contributed by atoms with Crippen LogP contribution < -0.4 is 32.4 Å². The van der Waals surface area contributed by atoms with Crippen molar-refractivity contribution < 1.29 is 72.7 Å². The number of fused-ring (bicyclic) bond motifs is 2. The number of aliphatic carboxylic acids is 1. The van der Waals surface area contributed by atoms with Crippen molar-refractivity contribution in [3.8, 4) is 28.2 Å². The predicted octanol–water partition coefficient (Wildman–Crippen LogP) is 1.84. The summed E-state index contributed by atoms with van der Waals surface area (Å²) in [5.74, 6) is -9.36. The molecule has 5 amide bonds. The molecular weight excluding hydrogens is 955 g/mol. The van der Waals surface area contributed by atoms with Crippen molar-refractivity contribution in [3.05, 3.63) is 94.2 Å². The number of carboxylic acid groups (broad SMARTS) is 2. The number of carbonyl (C=O) groups excluding carboxylic acids is 7. The number of amides is 5. The number of rotatable bonds is 29. The number of aliphatic hydroxyl groups excluding tert-OH is 1. The van der Waals surface area contributed by atoms with E-state index in [0.29, 0.717) is 35.0 Å². The lowest BCUT2D eigenvalue weighted by molar-refractivity contribution is -0.138. The molecule has 2 heterocycles. The standard InChI is InChI=1S/C50H57N7O16/c1-26(58)17-36(27(2)59)49(69)57-39(20-30-23-52-25-55-30)40(62)19-29(7-13-44(64)65)48(68)54-15-16-72-24-43(63)56-38(46(51)66)5-3-4-14-53-47(67)28-6-10-33(50(70)71)37(18-28)45-34-11-8-31(60)21-41(34)73-42-22-32(61)9-12-35(42)45/h6,8-12,18,21-23,25,27,29,36,38-39,59-60H,3-5,7,13-17,19-20,24H2,1-2H3,(H2,51,66)(H,52,55)(H,53,67)(H,54,68)(H,56,63)(H,57,69)(H,64,65)(H,70,71)/t27-,29-,36+,38+,39+/m0/s1. The molecule has 0 saturated carbocycles. The Morgan fingerprint density at radius 3 is 2.29 bits per heavy atom. The lowest BCUT2D eigenvalue weighted by atomic mass is 9.89. The van der Waals surface area contributed by atoms with Crippen LogP contribution in [0, 0.1) is 11.8 Å². The predicted molar refractivity (Wildman–Crippen MR) is 259 cm³/mol. The molecule has 23 nitrogen and oxygen atoms in total. The number of nitrogens with two attached hydrogens (primary N) is 1. The molecule has 388 valence electrons. The molecule has 0 radical (unpaired) electrons. The molecule has 1 aliphatic carbocycles. The van der Waals surface area contributed by atoms with Gasteiger partial charge < -0.3 is 66.4 Å². The number of ketones is 2. The summed E-state index contributed by atoms with van der Waals surface area (Å²) < 4.78 is 11.2. The number of aromatic carboxylic acids is 1. The molecule has 1 aliphatic heterocycles. The van der Waals surface area contributed by atoms with E-state index < -0.39 is 96.7 Å². The molecule has 0 fully saturated rings. The van der Waals surface area contributed by atoms with Crippen molar-refractivity contribution in [1.82, 2.24) is 31.2 Å². The first kappa shape index (κ1) is 55.6. The monoisotopic (exact) mass is 1010 g/mol. The summed E-state index contributed by atoms with van der Waals surface area (Å²) in [5.41, 5.74) is 6.69. The summed E-state index contributed by atoms with van der Waals surface area (Å²) >= 11 is 0. The van der Waals surface area contributed by atoms with Gasteiger partial charge in [-0.1, -0.05) is 0 Å². The van der Waals surface area contributed by atoms with Crippen LogP contribution in [0.25, 0.3) is 33.4 Å². The van der Waals surface area contributed by atoms with E-state index >= 15 is 0 Å². The zero-order valence-electron chi connectivity index (χ0n) is 39.9. The second kappa shape index (κ2) is 26.2. The third-order valence-corrected chi connectivity index (χ3v) is 11.8. The van der Waals surface area contributed by atoms with Gasteiger partial charge in [0.05, 0.1) is 36.6 Å². The van der Waals surface area contributed by atoms with Gasteiger partial charge in [0.25, 0.3) is 5.91 Å². The molecule has 11 N–H and O–H groups in total. The second-order valence-corrected chi connectivity index (χ2v) is 17.4. The number of aliphatic hydroxyl groups is 1. The topological polar surface area (TPSA) is 377 Å². The van der Waals surface area contributed by atoms with Gasteiger partial charge in [-0.05, 0) is 87.6 Å². The van der Waals surface area contributed by atoms with Crippen LogP contribution in [-0.2, 0) is 44.7 Å². The third-order valence-electron chi connectivity index (χ3n) is 11.8. The number of aromatic amines is 1. The number of imidazole rings is 1. The Bertz CT molecular complexity index is 2860. The first-order valence-corrected chi connectivity index (χ1v) is 23.2. The number of phenolic OH excluding ortho intramolecular Hbond substituents is 1. The van der Waals surface area contributed by atoms with E-state index in [1.807, 2.05) is 0 Å². The van der Waals surface area contributed by atoms with Crippen LogP contribution in [0.2, 0.25) is 0 Å². The Labute approximate surface area is 416 Å². The highest BCUT2D eigenvalue weighted by molar-refractivity contribution is 6.09. The van der Waals surface area contributed by atoms with Crippen LogP contribution in [0.15, 0.2) is 76.3 Å². The SMILES string of the molecule is CC(=O)C[C@@H](C(=O)N[C@H](Cc1cnc[nH]1)C(=O)C[C@H](CCC(=O)O)C(=O)NCCOCC(=O)N[C@H](CCCCNC(=O)c1ccc(C(=O)O)c(-c2c3ccc(=O)cc-3oc3cc(O)ccc23)c1)C(N)=O)[C@H](C)O. The van der Waals surface area contributed by atoms with Crippen LogP contribution in [-0.4, -0.2) is 128 Å². The van der Waals surface area contributed by atoms with Gasteiger partial charge >= 0.3 is 11.9 Å². The minimum absolute atomic E-state index is 0.0861. The smallest absolute Gasteiger partial charge is 0.336 e. The van der Waals surface area contributed by atoms with Gasteiger partial charge in [0.15, 0.2) is 11.2 Å². The number of carboxylic acids is 2. The maximum atomic E-state index is 13.6. The molecule has 5 rings (SSSR count). The largest absolute Gasteiger partial charge is 0.508 e. The molecule has 2 aromatic carbocycles. The summed E-state index contributed by atoms with van der Waals surface area (Å²) in [6.07, 6.45) is 0.722. The molecular formula is C50H57N7O16. The highest BCUT2D eigenvalue weighted by Gasteiger charge is 2.33. The summed E-state index contributed by atoms with van der Waals surface area (Å²) in [6, 6.07) is 9.96. The molecule has 0 saturated heterocycles. The minimum Gasteiger partial charge on any atom is -0.508 e. The molecule has 2 aliphatic rings. The van der Waals surface area contributed by atoms with E-state index in [-0.39, 0.29) is 90.4 Å². The minimum atomic E-state index is -1.28. The highest BCUT2D eigenvalue weighted by atomic mass is 16.5. The number of hydrogen-bond acceptors (Lipinski definition) is 15. The number of aromatic nitrogens is 2. The summed E-state index contributed by atoms with van der Waals surface area (Å²) in [7, 11) is 0. The lowest BCUT2D eigenvalue weighted by Crippen LogP contribution is -2.48. The molecule has 0 bridgehead atoms. The number of nitrogens with zero attached hydrogens (tertiary/aromatic N) is 1. The summed E-state index contributed by atoms with van der Waals surface area (Å²) in [6.45, 7) is 1.78. The first-order valence-electron chi connectivity index (χ1n) is 23.2. The zero-order valence-corrected chi connectivity index (χ0v) is 39.9. The average molecular weight is 1010 g/mol. The van der Waals surface area contributed by atoms with Crippen molar-refractivity contribution in [2.45, 2.75) is 83.4 Å². The zero-order chi connectivity index (χ0) is 53.4. The van der Waals surface area contributed by atoms with Crippen LogP contribution in [0.1, 0.15) is 85.2 Å². The van der Waals surface area contributed by atoms with Gasteiger partial charge in [0.2, 0.25) is 23.6 Å². The Kier molecular flexibility index (Phi) is 20.0. The Morgan fingerprint density at radius 1 is 0.849 bits per heavy atom.